The molecule has 0 aliphatic rings. The van der Waals surface area contributed by atoms with E-state index in [0.717, 1.165) is 25.7 Å². The van der Waals surface area contributed by atoms with Gasteiger partial charge in [-0.05, 0) is 32.6 Å². The topological polar surface area (TPSA) is 60.2 Å². The van der Waals surface area contributed by atoms with Gasteiger partial charge in [0.25, 0.3) is 0 Å². The standard InChI is InChI=1S/C10H19N2O3P/c1-9(10(13)16)12-15-8-6-4-3-5-7-14-11-2/h2-8,16H2,1H3/b12-9+. The molecule has 0 saturated heterocycles. The van der Waals surface area contributed by atoms with E-state index in [0.29, 0.717) is 18.9 Å². The van der Waals surface area contributed by atoms with Crippen LogP contribution in [0.5, 0.6) is 0 Å². The van der Waals surface area contributed by atoms with Gasteiger partial charge in [-0.25, -0.2) is 0 Å². The Hall–Kier alpha value is -0.960. The van der Waals surface area contributed by atoms with Crippen molar-refractivity contribution in [2.24, 2.45) is 10.3 Å². The number of carbonyl (C=O) groups is 1. The average molecular weight is 246 g/mol. The van der Waals surface area contributed by atoms with Crippen LogP contribution < -0.4 is 0 Å². The monoisotopic (exact) mass is 246 g/mol. The van der Waals surface area contributed by atoms with Gasteiger partial charge in [0.2, 0.25) is 0 Å². The van der Waals surface area contributed by atoms with Crippen molar-refractivity contribution in [1.29, 1.82) is 0 Å². The fraction of sp³-hybridized carbons (Fsp3) is 0.700. The maximum Gasteiger partial charge on any atom is 0.195 e. The molecule has 0 radical (unpaired) electrons. The summed E-state index contributed by atoms with van der Waals surface area (Å²) < 4.78 is 0. The Morgan fingerprint density at radius 1 is 1.19 bits per heavy atom. The van der Waals surface area contributed by atoms with Crippen molar-refractivity contribution in [3.63, 3.8) is 0 Å². The predicted octanol–water partition coefficient (Wildman–Crippen LogP) is 1.97. The normalized spacial score (nSPS) is 11.0. The molecule has 0 heterocycles. The zero-order valence-electron chi connectivity index (χ0n) is 9.65. The third-order valence-corrected chi connectivity index (χ3v) is 2.29. The van der Waals surface area contributed by atoms with E-state index in [1.807, 2.05) is 0 Å². The van der Waals surface area contributed by atoms with Gasteiger partial charge in [0.15, 0.2) is 5.52 Å². The zero-order chi connectivity index (χ0) is 12.2. The van der Waals surface area contributed by atoms with E-state index in [9.17, 15) is 4.79 Å². The van der Waals surface area contributed by atoms with Crippen LogP contribution >= 0.6 is 9.24 Å². The van der Waals surface area contributed by atoms with Crippen molar-refractivity contribution >= 4 is 27.2 Å². The minimum atomic E-state index is -0.144. The Balaban J connectivity index is 3.24. The molecule has 0 bridgehead atoms. The van der Waals surface area contributed by atoms with Crippen molar-refractivity contribution in [3.8, 4) is 0 Å². The van der Waals surface area contributed by atoms with Crippen LogP contribution in [0.3, 0.4) is 0 Å². The predicted molar refractivity (Wildman–Crippen MR) is 67.7 cm³/mol. The molecular weight excluding hydrogens is 227 g/mol. The highest BCUT2D eigenvalue weighted by molar-refractivity contribution is 7.45. The largest absolute Gasteiger partial charge is 0.396 e. The molecule has 5 nitrogen and oxygen atoms in total. The molecule has 1 atom stereocenters. The van der Waals surface area contributed by atoms with Crippen LogP contribution in [0.1, 0.15) is 32.6 Å². The molecule has 0 aromatic heterocycles. The molecule has 0 N–H and O–H groups in total. The molecule has 92 valence electrons. The zero-order valence-corrected chi connectivity index (χ0v) is 10.8. The van der Waals surface area contributed by atoms with Crippen molar-refractivity contribution in [2.75, 3.05) is 13.2 Å². The van der Waals surface area contributed by atoms with Gasteiger partial charge in [-0.3, -0.25) is 4.79 Å². The van der Waals surface area contributed by atoms with Crippen molar-refractivity contribution in [1.82, 2.24) is 0 Å². The van der Waals surface area contributed by atoms with Crippen LogP contribution in [0.2, 0.25) is 0 Å². The van der Waals surface area contributed by atoms with Gasteiger partial charge in [-0.1, -0.05) is 14.4 Å². The van der Waals surface area contributed by atoms with E-state index in [4.69, 9.17) is 9.68 Å². The van der Waals surface area contributed by atoms with E-state index in [-0.39, 0.29) is 5.52 Å². The lowest BCUT2D eigenvalue weighted by molar-refractivity contribution is -0.105. The quantitative estimate of drug-likeness (QED) is 0.256. The summed E-state index contributed by atoms with van der Waals surface area (Å²) in [5, 5.41) is 6.96. The number of oxime groups is 2. The number of hydrogen-bond acceptors (Lipinski definition) is 5. The second-order valence-electron chi connectivity index (χ2n) is 3.25. The van der Waals surface area contributed by atoms with Gasteiger partial charge in [0, 0.05) is 6.72 Å². The summed E-state index contributed by atoms with van der Waals surface area (Å²) in [6, 6.07) is 0. The summed E-state index contributed by atoms with van der Waals surface area (Å²) in [5.41, 5.74) is 0.226. The fourth-order valence-electron chi connectivity index (χ4n) is 0.939. The number of unbranched alkanes of at least 4 members (excludes halogenated alkanes) is 3. The number of rotatable bonds is 10. The second-order valence-corrected chi connectivity index (χ2v) is 3.78. The molecule has 16 heavy (non-hydrogen) atoms. The Morgan fingerprint density at radius 2 is 1.75 bits per heavy atom. The molecule has 0 fully saturated rings. The lowest BCUT2D eigenvalue weighted by Crippen LogP contribution is -2.02. The van der Waals surface area contributed by atoms with Crippen LogP contribution in [0.25, 0.3) is 0 Å². The lowest BCUT2D eigenvalue weighted by Gasteiger charge is -2.01. The highest BCUT2D eigenvalue weighted by Crippen LogP contribution is 2.01. The molecule has 0 saturated carbocycles. The van der Waals surface area contributed by atoms with E-state index >= 15 is 0 Å². The van der Waals surface area contributed by atoms with E-state index in [1.165, 1.54) is 0 Å². The maximum atomic E-state index is 10.7. The minimum Gasteiger partial charge on any atom is -0.396 e. The summed E-state index contributed by atoms with van der Waals surface area (Å²) in [4.78, 5) is 20.5. The van der Waals surface area contributed by atoms with Crippen molar-refractivity contribution in [2.45, 2.75) is 32.6 Å². The van der Waals surface area contributed by atoms with Gasteiger partial charge in [0.1, 0.15) is 18.9 Å². The van der Waals surface area contributed by atoms with Gasteiger partial charge >= 0.3 is 0 Å². The molecule has 0 rings (SSSR count). The Labute approximate surface area is 98.4 Å². The SMILES string of the molecule is C=NOCCCCCCO/N=C(\C)C(=O)P. The summed E-state index contributed by atoms with van der Waals surface area (Å²) in [6.45, 7) is 5.99. The Kier molecular flexibility index (Phi) is 9.92. The van der Waals surface area contributed by atoms with Crippen LogP contribution in [0.15, 0.2) is 10.3 Å². The highest BCUT2D eigenvalue weighted by atomic mass is 31.0. The van der Waals surface area contributed by atoms with E-state index < -0.39 is 0 Å². The molecule has 0 aliphatic carbocycles. The van der Waals surface area contributed by atoms with Crippen LogP contribution in [-0.2, 0) is 14.5 Å². The number of nitrogens with zero attached hydrogens (tertiary/aromatic N) is 2. The minimum absolute atomic E-state index is 0.144. The fourth-order valence-corrected chi connectivity index (χ4v) is 0.991. The van der Waals surface area contributed by atoms with Crippen LogP contribution in [0.4, 0.5) is 0 Å². The van der Waals surface area contributed by atoms with Crippen LogP contribution in [0, 0.1) is 0 Å². The molecule has 6 heteroatoms. The first-order chi connectivity index (χ1) is 7.68. The summed E-state index contributed by atoms with van der Waals surface area (Å²) in [5.74, 6) is 0. The van der Waals surface area contributed by atoms with E-state index in [1.54, 1.807) is 6.92 Å². The highest BCUT2D eigenvalue weighted by Gasteiger charge is 1.97. The first-order valence-corrected chi connectivity index (χ1v) is 5.80. The summed E-state index contributed by atoms with van der Waals surface area (Å²) in [7, 11) is 2.05. The smallest absolute Gasteiger partial charge is 0.195 e. The van der Waals surface area contributed by atoms with E-state index in [2.05, 4.69) is 26.3 Å². The summed E-state index contributed by atoms with van der Waals surface area (Å²) in [6.07, 6.45) is 3.99. The molecule has 0 aromatic rings. The third kappa shape index (κ3) is 9.59. The lowest BCUT2D eigenvalue weighted by atomic mass is 10.2. The Bertz CT molecular complexity index is 244. The second kappa shape index (κ2) is 10.6. The number of hydrogen-bond donors (Lipinski definition) is 0. The maximum absolute atomic E-state index is 10.7. The van der Waals surface area contributed by atoms with Crippen molar-refractivity contribution < 1.29 is 14.5 Å². The molecule has 0 aliphatic heterocycles. The molecule has 0 amide bonds. The average Bonchev–Trinajstić information content (AvgIpc) is 2.26. The van der Waals surface area contributed by atoms with Crippen molar-refractivity contribution in [3.05, 3.63) is 0 Å². The number of carbonyl (C=O) groups excluding carboxylic acids is 1. The Morgan fingerprint density at radius 3 is 2.25 bits per heavy atom. The molecule has 1 unspecified atom stereocenters. The third-order valence-electron chi connectivity index (χ3n) is 1.87. The van der Waals surface area contributed by atoms with Gasteiger partial charge < -0.3 is 9.68 Å². The van der Waals surface area contributed by atoms with Gasteiger partial charge in [-0.15, -0.1) is 5.16 Å². The van der Waals surface area contributed by atoms with Gasteiger partial charge in [-0.2, -0.15) is 0 Å². The molecular formula is C10H19N2O3P. The summed E-state index contributed by atoms with van der Waals surface area (Å²) >= 11 is 0. The first kappa shape index (κ1) is 15.0. The molecule has 0 spiro atoms. The molecule has 0 aromatic carbocycles. The first-order valence-electron chi connectivity index (χ1n) is 5.23. The van der Waals surface area contributed by atoms with Gasteiger partial charge in [0.05, 0.1) is 0 Å². The van der Waals surface area contributed by atoms with Crippen LogP contribution in [-0.4, -0.2) is 31.2 Å².